The molecule has 1 atom stereocenters. The molecular formula is C37H31N3O5S. The molecule has 0 aliphatic carbocycles. The number of thiazole rings is 1. The van der Waals surface area contributed by atoms with Crippen LogP contribution in [0.4, 0.5) is 0 Å². The van der Waals surface area contributed by atoms with Crippen LogP contribution in [-0.4, -0.2) is 23.8 Å². The topological polar surface area (TPSA) is 103 Å². The zero-order valence-corrected chi connectivity index (χ0v) is 26.5. The molecule has 0 N–H and O–H groups in total. The lowest BCUT2D eigenvalue weighted by Gasteiger charge is -2.24. The number of hydrogen-bond donors (Lipinski definition) is 0. The van der Waals surface area contributed by atoms with Crippen molar-refractivity contribution in [3.63, 3.8) is 0 Å². The van der Waals surface area contributed by atoms with Crippen molar-refractivity contribution in [3.05, 3.63) is 138 Å². The highest BCUT2D eigenvalue weighted by Gasteiger charge is 2.33. The second-order valence-electron chi connectivity index (χ2n) is 10.6. The van der Waals surface area contributed by atoms with Gasteiger partial charge in [-0.25, -0.2) is 9.79 Å². The van der Waals surface area contributed by atoms with Crippen LogP contribution in [-0.2, 0) is 16.1 Å². The van der Waals surface area contributed by atoms with Crippen molar-refractivity contribution in [1.29, 1.82) is 5.26 Å². The van der Waals surface area contributed by atoms with E-state index in [4.69, 9.17) is 24.5 Å². The minimum atomic E-state index is -0.729. The van der Waals surface area contributed by atoms with Gasteiger partial charge in [-0.2, -0.15) is 5.26 Å². The Morgan fingerprint density at radius 3 is 2.46 bits per heavy atom. The molecule has 0 fully saturated rings. The lowest BCUT2D eigenvalue weighted by Crippen LogP contribution is -2.39. The molecule has 46 heavy (non-hydrogen) atoms. The molecule has 0 radical (unpaired) electrons. The molecule has 4 aromatic carbocycles. The van der Waals surface area contributed by atoms with Crippen molar-refractivity contribution in [2.75, 3.05) is 13.2 Å². The van der Waals surface area contributed by atoms with Crippen LogP contribution in [0.5, 0.6) is 11.5 Å². The maximum Gasteiger partial charge on any atom is 0.338 e. The Morgan fingerprint density at radius 2 is 1.74 bits per heavy atom. The van der Waals surface area contributed by atoms with Gasteiger partial charge in [-0.15, -0.1) is 0 Å². The van der Waals surface area contributed by atoms with Crippen LogP contribution in [0.2, 0.25) is 0 Å². The number of nitriles is 1. The maximum atomic E-state index is 14.3. The highest BCUT2D eigenvalue weighted by atomic mass is 32.1. The molecule has 1 aliphatic heterocycles. The molecular weight excluding hydrogens is 598 g/mol. The van der Waals surface area contributed by atoms with E-state index in [1.807, 2.05) is 85.8 Å². The number of allylic oxidation sites excluding steroid dienone is 1. The molecule has 5 aromatic rings. The lowest BCUT2D eigenvalue weighted by molar-refractivity contribution is -0.139. The molecule has 1 aliphatic rings. The molecule has 230 valence electrons. The smallest absolute Gasteiger partial charge is 0.338 e. The summed E-state index contributed by atoms with van der Waals surface area (Å²) in [5.74, 6) is 0.798. The van der Waals surface area contributed by atoms with Crippen LogP contribution in [0.1, 0.15) is 49.1 Å². The number of carbonyl (C=O) groups is 1. The number of nitrogens with zero attached hydrogens (tertiary/aromatic N) is 3. The highest BCUT2D eigenvalue weighted by Crippen LogP contribution is 2.32. The predicted molar refractivity (Wildman–Crippen MR) is 177 cm³/mol. The van der Waals surface area contributed by atoms with E-state index in [2.05, 4.69) is 6.07 Å². The van der Waals surface area contributed by atoms with Crippen LogP contribution in [0, 0.1) is 11.3 Å². The number of fused-ring (bicyclic) bond motifs is 2. The molecule has 0 saturated carbocycles. The van der Waals surface area contributed by atoms with Gasteiger partial charge in [0.15, 0.2) is 4.80 Å². The number of ether oxygens (including phenoxy) is 3. The predicted octanol–water partition coefficient (Wildman–Crippen LogP) is 5.80. The van der Waals surface area contributed by atoms with E-state index < -0.39 is 12.0 Å². The van der Waals surface area contributed by atoms with E-state index in [9.17, 15) is 9.59 Å². The first-order valence-corrected chi connectivity index (χ1v) is 15.8. The summed E-state index contributed by atoms with van der Waals surface area (Å²) in [6.45, 7) is 6.44. The molecule has 6 rings (SSSR count). The van der Waals surface area contributed by atoms with E-state index in [-0.39, 0.29) is 18.8 Å². The molecule has 8 nitrogen and oxygen atoms in total. The Morgan fingerprint density at radius 1 is 0.978 bits per heavy atom. The summed E-state index contributed by atoms with van der Waals surface area (Å²) >= 11 is 1.26. The summed E-state index contributed by atoms with van der Waals surface area (Å²) in [4.78, 5) is 32.8. The Labute approximate surface area is 269 Å². The molecule has 1 aromatic heterocycles. The minimum absolute atomic E-state index is 0.197. The van der Waals surface area contributed by atoms with E-state index in [1.54, 1.807) is 30.5 Å². The van der Waals surface area contributed by atoms with E-state index in [1.165, 1.54) is 11.3 Å². The summed E-state index contributed by atoms with van der Waals surface area (Å²) in [7, 11) is 0. The van der Waals surface area contributed by atoms with E-state index >= 15 is 0 Å². The molecule has 0 amide bonds. The number of carbonyl (C=O) groups excluding carboxylic acids is 1. The van der Waals surface area contributed by atoms with Crippen molar-refractivity contribution in [2.24, 2.45) is 4.99 Å². The number of aromatic nitrogens is 1. The Kier molecular flexibility index (Phi) is 8.81. The first kappa shape index (κ1) is 30.6. The van der Waals surface area contributed by atoms with Crippen molar-refractivity contribution in [1.82, 2.24) is 4.57 Å². The summed E-state index contributed by atoms with van der Waals surface area (Å²) < 4.78 is 19.4. The van der Waals surface area contributed by atoms with Gasteiger partial charge in [-0.3, -0.25) is 9.36 Å². The highest BCUT2D eigenvalue weighted by molar-refractivity contribution is 7.07. The van der Waals surface area contributed by atoms with E-state index in [0.29, 0.717) is 44.3 Å². The van der Waals surface area contributed by atoms with Crippen molar-refractivity contribution in [2.45, 2.75) is 33.4 Å². The number of benzene rings is 4. The summed E-state index contributed by atoms with van der Waals surface area (Å²) in [5.41, 5.74) is 3.54. The first-order chi connectivity index (χ1) is 22.4. The third-order valence-corrected chi connectivity index (χ3v) is 8.69. The molecule has 0 saturated heterocycles. The van der Waals surface area contributed by atoms with Gasteiger partial charge >= 0.3 is 5.97 Å². The fourth-order valence-corrected chi connectivity index (χ4v) is 6.57. The van der Waals surface area contributed by atoms with Crippen LogP contribution in [0.3, 0.4) is 0 Å². The van der Waals surface area contributed by atoms with Crippen molar-refractivity contribution in [3.8, 4) is 17.6 Å². The van der Waals surface area contributed by atoms with E-state index in [0.717, 1.165) is 27.5 Å². The van der Waals surface area contributed by atoms with Gasteiger partial charge in [-0.1, -0.05) is 65.9 Å². The summed E-state index contributed by atoms with van der Waals surface area (Å²) in [5, 5.41) is 11.1. The third-order valence-electron chi connectivity index (χ3n) is 7.71. The van der Waals surface area contributed by atoms with Crippen LogP contribution < -0.4 is 24.4 Å². The van der Waals surface area contributed by atoms with Crippen molar-refractivity contribution >= 4 is 34.2 Å². The maximum absolute atomic E-state index is 14.3. The van der Waals surface area contributed by atoms with Gasteiger partial charge in [0.05, 0.1) is 46.7 Å². The SMILES string of the molecule is CCOC(=O)C1=C(C)N=c2s/c(=C\c3c(OCc4ccc(C#N)cc4)ccc4ccccc34)c(=O)n2[C@@H]1c1ccc(OCC)cc1. The fraction of sp³-hybridized carbons (Fsp3) is 0.189. The standard InChI is InChI=1S/C37H31N3O5S/c1-4-43-28-17-14-27(15-18-28)34-33(36(42)44-5-2)23(3)39-37-40(34)35(41)32(46-37)20-30-29-9-7-6-8-26(29)16-19-31(30)45-22-25-12-10-24(21-38)11-13-25/h6-20,34H,4-5,22H2,1-3H3/b32-20-/t34-/m1/s1. The lowest BCUT2D eigenvalue weighted by atomic mass is 9.96. The van der Waals surface area contributed by atoms with Crippen molar-refractivity contribution < 1.29 is 19.0 Å². The Balaban J connectivity index is 1.49. The van der Waals surface area contributed by atoms with Gasteiger partial charge in [0.2, 0.25) is 0 Å². The number of rotatable bonds is 9. The molecule has 0 unspecified atom stereocenters. The fourth-order valence-electron chi connectivity index (χ4n) is 5.54. The van der Waals surface area contributed by atoms with Crippen LogP contribution in [0.25, 0.3) is 16.8 Å². The summed E-state index contributed by atoms with van der Waals surface area (Å²) in [6.07, 6.45) is 1.85. The Bertz CT molecular complexity index is 2190. The zero-order chi connectivity index (χ0) is 32.2. The van der Waals surface area contributed by atoms with Crippen LogP contribution in [0.15, 0.2) is 106 Å². The molecule has 0 bridgehead atoms. The van der Waals surface area contributed by atoms with Gasteiger partial charge in [0, 0.05) is 5.56 Å². The summed E-state index contributed by atoms with van der Waals surface area (Å²) in [6, 6.07) is 27.9. The largest absolute Gasteiger partial charge is 0.494 e. The minimum Gasteiger partial charge on any atom is -0.494 e. The van der Waals surface area contributed by atoms with Gasteiger partial charge in [-0.05, 0) is 79.1 Å². The molecule has 9 heteroatoms. The van der Waals surface area contributed by atoms with Gasteiger partial charge < -0.3 is 14.2 Å². The monoisotopic (exact) mass is 629 g/mol. The molecule has 0 spiro atoms. The normalized spacial score (nSPS) is 14.4. The van der Waals surface area contributed by atoms with Gasteiger partial charge in [0.1, 0.15) is 18.1 Å². The first-order valence-electron chi connectivity index (χ1n) is 15.0. The van der Waals surface area contributed by atoms with Crippen LogP contribution >= 0.6 is 11.3 Å². The second kappa shape index (κ2) is 13.3. The average Bonchev–Trinajstić information content (AvgIpc) is 3.38. The zero-order valence-electron chi connectivity index (χ0n) is 25.7. The second-order valence-corrected chi connectivity index (χ2v) is 11.6. The average molecular weight is 630 g/mol. The Hall–Kier alpha value is -5.46. The number of esters is 1. The number of hydrogen-bond acceptors (Lipinski definition) is 8. The van der Waals surface area contributed by atoms with Gasteiger partial charge in [0.25, 0.3) is 5.56 Å². The molecule has 2 heterocycles. The third kappa shape index (κ3) is 5.95. The quantitative estimate of drug-likeness (QED) is 0.191.